The molecule has 0 saturated heterocycles. The third-order valence-corrected chi connectivity index (χ3v) is 2.57. The summed E-state index contributed by atoms with van der Waals surface area (Å²) in [7, 11) is 2.00. The molecule has 0 bridgehead atoms. The van der Waals surface area contributed by atoms with Crippen molar-refractivity contribution in [3.8, 4) is 6.07 Å². The van der Waals surface area contributed by atoms with Crippen molar-refractivity contribution in [3.63, 3.8) is 0 Å². The van der Waals surface area contributed by atoms with Gasteiger partial charge in [-0.3, -0.25) is 0 Å². The summed E-state index contributed by atoms with van der Waals surface area (Å²) >= 11 is 6.05. The largest absolute Gasteiger partial charge is 0.301 e. The first-order valence-electron chi connectivity index (χ1n) is 4.95. The van der Waals surface area contributed by atoms with Crippen LogP contribution in [0.1, 0.15) is 12.5 Å². The summed E-state index contributed by atoms with van der Waals surface area (Å²) < 4.78 is 0. The number of hydrogen-bond acceptors (Lipinski definition) is 2. The van der Waals surface area contributed by atoms with Crippen molar-refractivity contribution < 1.29 is 0 Å². The Balaban J connectivity index is 2.56. The fourth-order valence-electron chi connectivity index (χ4n) is 1.49. The predicted octanol–water partition coefficient (Wildman–Crippen LogP) is 2.93. The zero-order chi connectivity index (χ0) is 11.3. The van der Waals surface area contributed by atoms with Gasteiger partial charge in [0.05, 0.1) is 12.0 Å². The van der Waals surface area contributed by atoms with Crippen LogP contribution in [-0.4, -0.2) is 18.5 Å². The van der Waals surface area contributed by atoms with Crippen LogP contribution < -0.4 is 0 Å². The van der Waals surface area contributed by atoms with Crippen LogP contribution in [0.25, 0.3) is 0 Å². The number of halogens is 1. The van der Waals surface area contributed by atoms with Crippen LogP contribution >= 0.6 is 11.6 Å². The zero-order valence-electron chi connectivity index (χ0n) is 9.07. The van der Waals surface area contributed by atoms with Gasteiger partial charge in [0.15, 0.2) is 0 Å². The Bertz CT molecular complexity index is 357. The Morgan fingerprint density at radius 3 is 2.73 bits per heavy atom. The Labute approximate surface area is 96.1 Å². The predicted molar refractivity (Wildman–Crippen MR) is 62.6 cm³/mol. The molecule has 0 heterocycles. The van der Waals surface area contributed by atoms with Crippen molar-refractivity contribution in [3.05, 3.63) is 34.9 Å². The average molecular weight is 223 g/mol. The molecule has 3 heteroatoms. The molecule has 1 aromatic carbocycles. The van der Waals surface area contributed by atoms with E-state index in [0.29, 0.717) is 0 Å². The number of rotatable bonds is 4. The van der Waals surface area contributed by atoms with E-state index in [1.807, 2.05) is 38.2 Å². The number of hydrogen-bond donors (Lipinski definition) is 0. The highest BCUT2D eigenvalue weighted by Gasteiger charge is 2.07. The summed E-state index contributed by atoms with van der Waals surface area (Å²) in [6.45, 7) is 3.47. The van der Waals surface area contributed by atoms with Gasteiger partial charge in [0.2, 0.25) is 0 Å². The van der Waals surface area contributed by atoms with E-state index in [2.05, 4.69) is 11.0 Å². The maximum Gasteiger partial charge on any atom is 0.0666 e. The van der Waals surface area contributed by atoms with Crippen LogP contribution in [0.5, 0.6) is 0 Å². The minimum atomic E-state index is 0.0532. The smallest absolute Gasteiger partial charge is 0.0666 e. The second-order valence-corrected chi connectivity index (χ2v) is 4.23. The summed E-state index contributed by atoms with van der Waals surface area (Å²) in [4.78, 5) is 2.11. The zero-order valence-corrected chi connectivity index (χ0v) is 9.83. The second-order valence-electron chi connectivity index (χ2n) is 3.82. The first kappa shape index (κ1) is 12.0. The SMILES string of the molecule is C[C@H](C#N)CN(C)Cc1ccccc1Cl. The molecule has 1 rings (SSSR count). The van der Waals surface area contributed by atoms with Gasteiger partial charge in [-0.2, -0.15) is 5.26 Å². The molecule has 0 radical (unpaired) electrons. The van der Waals surface area contributed by atoms with E-state index < -0.39 is 0 Å². The number of benzene rings is 1. The van der Waals surface area contributed by atoms with Gasteiger partial charge >= 0.3 is 0 Å². The number of nitrogens with zero attached hydrogens (tertiary/aromatic N) is 2. The summed E-state index contributed by atoms with van der Waals surface area (Å²) in [6, 6.07) is 10.0. The lowest BCUT2D eigenvalue weighted by Gasteiger charge is -2.18. The van der Waals surface area contributed by atoms with Crippen LogP contribution in [0.4, 0.5) is 0 Å². The molecule has 15 heavy (non-hydrogen) atoms. The summed E-state index contributed by atoms with van der Waals surface area (Å²) in [5.41, 5.74) is 1.10. The highest BCUT2D eigenvalue weighted by Crippen LogP contribution is 2.16. The highest BCUT2D eigenvalue weighted by molar-refractivity contribution is 6.31. The second kappa shape index (κ2) is 5.75. The Hall–Kier alpha value is -1.04. The molecule has 0 aromatic heterocycles. The van der Waals surface area contributed by atoms with E-state index in [9.17, 15) is 0 Å². The molecule has 0 amide bonds. The van der Waals surface area contributed by atoms with Gasteiger partial charge in [-0.05, 0) is 25.6 Å². The summed E-state index contributed by atoms with van der Waals surface area (Å²) in [6.07, 6.45) is 0. The van der Waals surface area contributed by atoms with Gasteiger partial charge in [-0.1, -0.05) is 29.8 Å². The molecule has 0 N–H and O–H groups in total. The van der Waals surface area contributed by atoms with Gasteiger partial charge in [0, 0.05) is 18.1 Å². The van der Waals surface area contributed by atoms with E-state index in [-0.39, 0.29) is 5.92 Å². The molecule has 0 aliphatic heterocycles. The maximum atomic E-state index is 8.70. The third-order valence-electron chi connectivity index (χ3n) is 2.20. The standard InChI is InChI=1S/C12H15ClN2/c1-10(7-14)8-15(2)9-11-5-3-4-6-12(11)13/h3-6,10H,8-9H2,1-2H3/t10-/m1/s1. The topological polar surface area (TPSA) is 27.0 Å². The first-order chi connectivity index (χ1) is 7.13. The lowest BCUT2D eigenvalue weighted by atomic mass is 10.1. The Kier molecular flexibility index (Phi) is 4.61. The normalized spacial score (nSPS) is 12.5. The van der Waals surface area contributed by atoms with Crippen molar-refractivity contribution in [1.29, 1.82) is 5.26 Å². The molecular weight excluding hydrogens is 208 g/mol. The van der Waals surface area contributed by atoms with Crippen molar-refractivity contribution in [1.82, 2.24) is 4.90 Å². The fourth-order valence-corrected chi connectivity index (χ4v) is 1.69. The third kappa shape index (κ3) is 3.91. The van der Waals surface area contributed by atoms with E-state index >= 15 is 0 Å². The quantitative estimate of drug-likeness (QED) is 0.783. The van der Waals surface area contributed by atoms with Crippen LogP contribution in [0.3, 0.4) is 0 Å². The molecule has 0 aliphatic rings. The van der Waals surface area contributed by atoms with Gasteiger partial charge in [0.1, 0.15) is 0 Å². The van der Waals surface area contributed by atoms with Gasteiger partial charge in [-0.25, -0.2) is 0 Å². The van der Waals surface area contributed by atoms with Gasteiger partial charge in [0.25, 0.3) is 0 Å². The van der Waals surface area contributed by atoms with Crippen molar-refractivity contribution in [2.24, 2.45) is 5.92 Å². The lowest BCUT2D eigenvalue weighted by molar-refractivity contribution is 0.303. The van der Waals surface area contributed by atoms with Crippen LogP contribution in [0.15, 0.2) is 24.3 Å². The molecular formula is C12H15ClN2. The Morgan fingerprint density at radius 1 is 1.47 bits per heavy atom. The minimum Gasteiger partial charge on any atom is -0.301 e. The van der Waals surface area contributed by atoms with E-state index in [1.165, 1.54) is 0 Å². The van der Waals surface area contributed by atoms with E-state index in [4.69, 9.17) is 16.9 Å². The van der Waals surface area contributed by atoms with Crippen LogP contribution in [0, 0.1) is 17.2 Å². The molecule has 2 nitrogen and oxygen atoms in total. The molecule has 0 spiro atoms. The summed E-state index contributed by atoms with van der Waals surface area (Å²) in [5, 5.41) is 9.49. The average Bonchev–Trinajstić information content (AvgIpc) is 2.21. The fraction of sp³-hybridized carbons (Fsp3) is 0.417. The molecule has 1 atom stereocenters. The molecule has 80 valence electrons. The molecule has 0 fully saturated rings. The van der Waals surface area contributed by atoms with E-state index in [1.54, 1.807) is 0 Å². The molecule has 0 aliphatic carbocycles. The minimum absolute atomic E-state index is 0.0532. The Morgan fingerprint density at radius 2 is 2.13 bits per heavy atom. The monoisotopic (exact) mass is 222 g/mol. The first-order valence-corrected chi connectivity index (χ1v) is 5.33. The molecule has 1 aromatic rings. The van der Waals surface area contributed by atoms with Crippen LogP contribution in [-0.2, 0) is 6.54 Å². The summed E-state index contributed by atoms with van der Waals surface area (Å²) in [5.74, 6) is 0.0532. The van der Waals surface area contributed by atoms with Crippen LogP contribution in [0.2, 0.25) is 5.02 Å². The van der Waals surface area contributed by atoms with Crippen molar-refractivity contribution in [2.75, 3.05) is 13.6 Å². The van der Waals surface area contributed by atoms with Gasteiger partial charge in [-0.15, -0.1) is 0 Å². The van der Waals surface area contributed by atoms with E-state index in [0.717, 1.165) is 23.7 Å². The lowest BCUT2D eigenvalue weighted by Crippen LogP contribution is -2.23. The highest BCUT2D eigenvalue weighted by atomic mass is 35.5. The molecule has 0 unspecified atom stereocenters. The molecule has 0 saturated carbocycles. The van der Waals surface area contributed by atoms with Crippen molar-refractivity contribution >= 4 is 11.6 Å². The van der Waals surface area contributed by atoms with Crippen molar-refractivity contribution in [2.45, 2.75) is 13.5 Å². The maximum absolute atomic E-state index is 8.70. The van der Waals surface area contributed by atoms with Gasteiger partial charge < -0.3 is 4.90 Å². The number of nitriles is 1.